The van der Waals surface area contributed by atoms with Crippen LogP contribution in [-0.4, -0.2) is 20.4 Å². The van der Waals surface area contributed by atoms with Crippen molar-refractivity contribution in [2.45, 2.75) is 94.9 Å². The van der Waals surface area contributed by atoms with Gasteiger partial charge in [-0.15, -0.1) is 11.3 Å². The van der Waals surface area contributed by atoms with Gasteiger partial charge in [-0.1, -0.05) is 44.9 Å². The van der Waals surface area contributed by atoms with Gasteiger partial charge in [-0.05, 0) is 32.3 Å². The van der Waals surface area contributed by atoms with E-state index in [1.807, 2.05) is 4.57 Å². The summed E-state index contributed by atoms with van der Waals surface area (Å²) in [5.74, 6) is 0. The van der Waals surface area contributed by atoms with E-state index in [9.17, 15) is 4.79 Å². The molecule has 0 N–H and O–H groups in total. The molecule has 6 heteroatoms. The van der Waals surface area contributed by atoms with Crippen molar-refractivity contribution in [3.8, 4) is 0 Å². The van der Waals surface area contributed by atoms with Crippen LogP contribution in [0, 0.1) is 0 Å². The summed E-state index contributed by atoms with van der Waals surface area (Å²) >= 11 is 3.37. The molecule has 1 aliphatic heterocycles. The lowest BCUT2D eigenvalue weighted by Crippen LogP contribution is -2.33. The van der Waals surface area contributed by atoms with E-state index in [4.69, 9.17) is 9.72 Å². The molecule has 0 atom stereocenters. The lowest BCUT2D eigenvalue weighted by atomic mass is 9.93. The summed E-state index contributed by atoms with van der Waals surface area (Å²) < 4.78 is 8.01. The predicted molar refractivity (Wildman–Crippen MR) is 110 cm³/mol. The van der Waals surface area contributed by atoms with Crippen LogP contribution in [0.15, 0.2) is 9.95 Å². The quantitative estimate of drug-likeness (QED) is 0.524. The van der Waals surface area contributed by atoms with E-state index in [2.05, 4.69) is 27.7 Å². The highest BCUT2D eigenvalue weighted by atomic mass is 32.2. The zero-order chi connectivity index (χ0) is 18.5. The average Bonchev–Trinajstić information content (AvgIpc) is 2.91. The van der Waals surface area contributed by atoms with E-state index >= 15 is 0 Å². The Kier molecular flexibility index (Phi) is 4.95. The largest absolute Gasteiger partial charge is 0.370 e. The first kappa shape index (κ1) is 18.5. The Morgan fingerprint density at radius 1 is 1.27 bits per heavy atom. The van der Waals surface area contributed by atoms with E-state index in [0.29, 0.717) is 17.9 Å². The molecule has 1 saturated carbocycles. The van der Waals surface area contributed by atoms with Gasteiger partial charge < -0.3 is 4.74 Å². The van der Waals surface area contributed by atoms with Crippen molar-refractivity contribution in [1.29, 1.82) is 0 Å². The lowest BCUT2D eigenvalue weighted by Gasteiger charge is -2.30. The lowest BCUT2D eigenvalue weighted by molar-refractivity contribution is -0.0379. The first-order valence-corrected chi connectivity index (χ1v) is 11.4. The smallest absolute Gasteiger partial charge is 0.263 e. The number of hydrogen-bond donors (Lipinski definition) is 0. The maximum Gasteiger partial charge on any atom is 0.263 e. The van der Waals surface area contributed by atoms with Crippen molar-refractivity contribution in [3.63, 3.8) is 0 Å². The van der Waals surface area contributed by atoms with Gasteiger partial charge in [0, 0.05) is 22.6 Å². The highest BCUT2D eigenvalue weighted by molar-refractivity contribution is 7.99. The highest BCUT2D eigenvalue weighted by Gasteiger charge is 2.32. The second-order valence-electron chi connectivity index (χ2n) is 8.44. The molecule has 26 heavy (non-hydrogen) atoms. The molecule has 1 aliphatic carbocycles. The zero-order valence-corrected chi connectivity index (χ0v) is 17.8. The van der Waals surface area contributed by atoms with Crippen molar-refractivity contribution < 1.29 is 4.74 Å². The minimum absolute atomic E-state index is 0.181. The third-order valence-corrected chi connectivity index (χ3v) is 7.46. The van der Waals surface area contributed by atoms with Crippen LogP contribution in [0.25, 0.3) is 10.2 Å². The molecule has 2 aromatic rings. The van der Waals surface area contributed by atoms with E-state index < -0.39 is 0 Å². The number of nitrogens with zero attached hydrogens (tertiary/aromatic N) is 2. The number of hydrogen-bond acceptors (Lipinski definition) is 5. The molecule has 4 nitrogen and oxygen atoms in total. The fourth-order valence-corrected chi connectivity index (χ4v) is 6.20. The Labute approximate surface area is 163 Å². The second-order valence-corrected chi connectivity index (χ2v) is 11.1. The van der Waals surface area contributed by atoms with Crippen molar-refractivity contribution in [1.82, 2.24) is 9.55 Å². The number of aromatic nitrogens is 2. The molecule has 2 aliphatic rings. The summed E-state index contributed by atoms with van der Waals surface area (Å²) in [6, 6.07) is 0.304. The van der Waals surface area contributed by atoms with Crippen molar-refractivity contribution in [2.75, 3.05) is 0 Å². The van der Waals surface area contributed by atoms with Crippen LogP contribution in [0.3, 0.4) is 0 Å². The van der Waals surface area contributed by atoms with Gasteiger partial charge in [0.2, 0.25) is 0 Å². The molecular formula is C20H28N2O2S2. The van der Waals surface area contributed by atoms with Crippen LogP contribution < -0.4 is 5.56 Å². The molecular weight excluding hydrogens is 364 g/mol. The van der Waals surface area contributed by atoms with E-state index in [0.717, 1.165) is 34.6 Å². The summed E-state index contributed by atoms with van der Waals surface area (Å²) in [7, 11) is 0. The van der Waals surface area contributed by atoms with Crippen molar-refractivity contribution >= 4 is 33.3 Å². The predicted octanol–water partition coefficient (Wildman–Crippen LogP) is 5.32. The van der Waals surface area contributed by atoms with Crippen LogP contribution in [-0.2, 0) is 17.8 Å². The maximum atomic E-state index is 13.6. The normalized spacial score (nSPS) is 20.7. The molecule has 0 saturated heterocycles. The summed E-state index contributed by atoms with van der Waals surface area (Å²) in [5, 5.41) is 2.18. The fourth-order valence-electron chi connectivity index (χ4n) is 4.14. The summed E-state index contributed by atoms with van der Waals surface area (Å²) in [6.45, 7) is 9.15. The van der Waals surface area contributed by atoms with Gasteiger partial charge in [0.1, 0.15) is 4.83 Å². The maximum absolute atomic E-state index is 13.6. The molecule has 0 unspecified atom stereocenters. The fraction of sp³-hybridized carbons (Fsp3) is 0.700. The van der Waals surface area contributed by atoms with Gasteiger partial charge in [-0.2, -0.15) is 0 Å². The van der Waals surface area contributed by atoms with Crippen LogP contribution in [0.5, 0.6) is 0 Å². The number of ether oxygens (including phenoxy) is 1. The summed E-state index contributed by atoms with van der Waals surface area (Å²) in [5.41, 5.74) is 1.15. The van der Waals surface area contributed by atoms with Crippen LogP contribution in [0.1, 0.15) is 76.3 Å². The monoisotopic (exact) mass is 392 g/mol. The summed E-state index contributed by atoms with van der Waals surface area (Å²) in [6.07, 6.45) is 6.69. The van der Waals surface area contributed by atoms with Crippen LogP contribution in [0.4, 0.5) is 0 Å². The number of fused-ring (bicyclic) bond motifs is 3. The minimum Gasteiger partial charge on any atom is -0.370 e. The van der Waals surface area contributed by atoms with Crippen molar-refractivity contribution in [2.24, 2.45) is 0 Å². The number of thiophene rings is 1. The van der Waals surface area contributed by atoms with Gasteiger partial charge in [0.05, 0.1) is 17.6 Å². The van der Waals surface area contributed by atoms with E-state index in [-0.39, 0.29) is 11.2 Å². The minimum atomic E-state index is -0.214. The molecule has 0 aromatic carbocycles. The van der Waals surface area contributed by atoms with Crippen LogP contribution in [0.2, 0.25) is 0 Å². The Morgan fingerprint density at radius 3 is 2.69 bits per heavy atom. The Morgan fingerprint density at radius 2 is 2.00 bits per heavy atom. The van der Waals surface area contributed by atoms with Gasteiger partial charge >= 0.3 is 0 Å². The first-order chi connectivity index (χ1) is 12.4. The third-order valence-electron chi connectivity index (χ3n) is 5.39. The van der Waals surface area contributed by atoms with Gasteiger partial charge in [-0.25, -0.2) is 4.98 Å². The molecule has 0 radical (unpaired) electrons. The van der Waals surface area contributed by atoms with Gasteiger partial charge in [0.15, 0.2) is 5.16 Å². The number of thioether (sulfide) groups is 1. The molecule has 2 aromatic heterocycles. The van der Waals surface area contributed by atoms with Crippen molar-refractivity contribution in [3.05, 3.63) is 20.8 Å². The topological polar surface area (TPSA) is 44.1 Å². The molecule has 1 fully saturated rings. The number of rotatable bonds is 3. The Bertz CT molecular complexity index is 876. The Balaban J connectivity index is 1.92. The highest BCUT2D eigenvalue weighted by Crippen LogP contribution is 2.39. The molecule has 4 rings (SSSR count). The second kappa shape index (κ2) is 6.95. The molecule has 0 amide bonds. The SMILES string of the molecule is CC(C)Sc1nc2sc3c(c2c(=O)n1C1CCCCC1)CC(C)(C)OC3. The molecule has 3 heterocycles. The molecule has 142 valence electrons. The van der Waals surface area contributed by atoms with Crippen LogP contribution >= 0.6 is 23.1 Å². The first-order valence-electron chi connectivity index (χ1n) is 9.73. The molecule has 0 spiro atoms. The average molecular weight is 393 g/mol. The standard InChI is InChI=1S/C20H28N2O2S2/c1-12(2)25-19-21-17-16(14-10-20(3,4)24-11-15(14)26-17)18(23)22(19)13-8-6-5-7-9-13/h12-13H,5-11H2,1-4H3. The Hall–Kier alpha value is -0.850. The zero-order valence-electron chi connectivity index (χ0n) is 16.1. The van der Waals surface area contributed by atoms with E-state index in [1.54, 1.807) is 23.1 Å². The molecule has 0 bridgehead atoms. The third kappa shape index (κ3) is 3.36. The van der Waals surface area contributed by atoms with Gasteiger partial charge in [-0.3, -0.25) is 9.36 Å². The summed E-state index contributed by atoms with van der Waals surface area (Å²) in [4.78, 5) is 20.7. The van der Waals surface area contributed by atoms with E-state index in [1.165, 1.54) is 29.7 Å². The van der Waals surface area contributed by atoms with Gasteiger partial charge in [0.25, 0.3) is 5.56 Å².